The van der Waals surface area contributed by atoms with Crippen molar-refractivity contribution in [3.05, 3.63) is 65.7 Å². The Labute approximate surface area is 154 Å². The van der Waals surface area contributed by atoms with Gasteiger partial charge in [0.2, 0.25) is 5.91 Å². The second-order valence-electron chi connectivity index (χ2n) is 7.23. The molecule has 0 aromatic heterocycles. The Morgan fingerprint density at radius 3 is 2.35 bits per heavy atom. The van der Waals surface area contributed by atoms with Gasteiger partial charge >= 0.3 is 0 Å². The van der Waals surface area contributed by atoms with Gasteiger partial charge in [-0.1, -0.05) is 55.7 Å². The number of para-hydroxylation sites is 1. The first-order chi connectivity index (χ1) is 12.7. The van der Waals surface area contributed by atoms with Gasteiger partial charge in [0.25, 0.3) is 5.91 Å². The van der Waals surface area contributed by atoms with Crippen molar-refractivity contribution in [3.63, 3.8) is 0 Å². The Morgan fingerprint density at radius 1 is 0.885 bits per heavy atom. The lowest BCUT2D eigenvalue weighted by Gasteiger charge is -2.28. The van der Waals surface area contributed by atoms with E-state index in [1.165, 1.54) is 19.3 Å². The highest BCUT2D eigenvalue weighted by Crippen LogP contribution is 2.33. The van der Waals surface area contributed by atoms with Gasteiger partial charge in [0.1, 0.15) is 6.04 Å². The molecule has 1 fully saturated rings. The standard InChI is InChI=1S/C22H24N2O2/c25-21(23-18-12-5-2-6-13-18)20-15-17-11-7-8-14-19(17)24(20)22(26)16-9-3-1-4-10-16/h1,3-4,7-11,14,18,20H,2,5-6,12-13,15H2,(H,23,25). The lowest BCUT2D eigenvalue weighted by atomic mass is 9.95. The number of rotatable bonds is 3. The number of carbonyl (C=O) groups excluding carboxylic acids is 2. The van der Waals surface area contributed by atoms with Gasteiger partial charge in [-0.2, -0.15) is 0 Å². The summed E-state index contributed by atoms with van der Waals surface area (Å²) in [6.45, 7) is 0. The molecule has 2 aromatic rings. The number of anilines is 1. The fraction of sp³-hybridized carbons (Fsp3) is 0.364. The summed E-state index contributed by atoms with van der Waals surface area (Å²) in [6.07, 6.45) is 6.24. The zero-order valence-electron chi connectivity index (χ0n) is 14.9. The van der Waals surface area contributed by atoms with Crippen LogP contribution in [0.25, 0.3) is 0 Å². The molecule has 1 saturated carbocycles. The van der Waals surface area contributed by atoms with Crippen molar-refractivity contribution in [2.24, 2.45) is 0 Å². The number of hydrogen-bond donors (Lipinski definition) is 1. The maximum Gasteiger partial charge on any atom is 0.259 e. The lowest BCUT2D eigenvalue weighted by molar-refractivity contribution is -0.123. The van der Waals surface area contributed by atoms with Crippen LogP contribution in [0.2, 0.25) is 0 Å². The maximum absolute atomic E-state index is 13.2. The molecular weight excluding hydrogens is 324 g/mol. The average Bonchev–Trinajstić information content (AvgIpc) is 3.08. The summed E-state index contributed by atoms with van der Waals surface area (Å²) < 4.78 is 0. The molecule has 1 aliphatic heterocycles. The number of nitrogens with one attached hydrogen (secondary N) is 1. The van der Waals surface area contributed by atoms with Gasteiger partial charge in [-0.15, -0.1) is 0 Å². The molecule has 2 aliphatic rings. The fourth-order valence-electron chi connectivity index (χ4n) is 4.11. The molecule has 134 valence electrons. The summed E-state index contributed by atoms with van der Waals surface area (Å²) in [4.78, 5) is 27.9. The molecule has 0 saturated heterocycles. The monoisotopic (exact) mass is 348 g/mol. The van der Waals surface area contributed by atoms with Gasteiger partial charge in [-0.25, -0.2) is 0 Å². The molecule has 0 radical (unpaired) electrons. The van der Waals surface area contributed by atoms with E-state index < -0.39 is 6.04 Å². The summed E-state index contributed by atoms with van der Waals surface area (Å²) in [6, 6.07) is 16.8. The summed E-state index contributed by atoms with van der Waals surface area (Å²) in [5.74, 6) is -0.142. The number of benzene rings is 2. The Hall–Kier alpha value is -2.62. The van der Waals surface area contributed by atoms with Crippen LogP contribution >= 0.6 is 0 Å². The largest absolute Gasteiger partial charge is 0.352 e. The summed E-state index contributed by atoms with van der Waals surface area (Å²) in [7, 11) is 0. The van der Waals surface area contributed by atoms with Crippen molar-refractivity contribution in [3.8, 4) is 0 Å². The smallest absolute Gasteiger partial charge is 0.259 e. The van der Waals surface area contributed by atoms with E-state index in [4.69, 9.17) is 0 Å². The van der Waals surface area contributed by atoms with E-state index in [0.717, 1.165) is 24.1 Å². The van der Waals surface area contributed by atoms with Crippen molar-refractivity contribution in [1.82, 2.24) is 5.32 Å². The third kappa shape index (κ3) is 3.24. The van der Waals surface area contributed by atoms with Crippen LogP contribution in [0.1, 0.15) is 48.0 Å². The number of nitrogens with zero attached hydrogens (tertiary/aromatic N) is 1. The minimum atomic E-state index is -0.470. The fourth-order valence-corrected chi connectivity index (χ4v) is 4.11. The van der Waals surface area contributed by atoms with Gasteiger partial charge in [-0.05, 0) is 36.6 Å². The molecular formula is C22H24N2O2. The Balaban J connectivity index is 1.60. The number of carbonyl (C=O) groups is 2. The first-order valence-electron chi connectivity index (χ1n) is 9.51. The van der Waals surface area contributed by atoms with Gasteiger partial charge in [0, 0.05) is 23.7 Å². The van der Waals surface area contributed by atoms with Crippen LogP contribution in [0.5, 0.6) is 0 Å². The number of amides is 2. The van der Waals surface area contributed by atoms with E-state index in [9.17, 15) is 9.59 Å². The molecule has 1 aliphatic carbocycles. The van der Waals surface area contributed by atoms with Crippen LogP contribution in [0, 0.1) is 0 Å². The number of hydrogen-bond acceptors (Lipinski definition) is 2. The zero-order chi connectivity index (χ0) is 17.9. The summed E-state index contributed by atoms with van der Waals surface area (Å²) in [5, 5.41) is 3.20. The van der Waals surface area contributed by atoms with Crippen molar-refractivity contribution in [1.29, 1.82) is 0 Å². The average molecular weight is 348 g/mol. The van der Waals surface area contributed by atoms with E-state index in [1.807, 2.05) is 42.5 Å². The van der Waals surface area contributed by atoms with Crippen LogP contribution < -0.4 is 10.2 Å². The molecule has 2 amide bonds. The van der Waals surface area contributed by atoms with Gasteiger partial charge < -0.3 is 5.32 Å². The molecule has 0 spiro atoms. The van der Waals surface area contributed by atoms with Crippen molar-refractivity contribution < 1.29 is 9.59 Å². The molecule has 4 nitrogen and oxygen atoms in total. The molecule has 1 N–H and O–H groups in total. The predicted octanol–water partition coefficient (Wildman–Crippen LogP) is 3.71. The highest BCUT2D eigenvalue weighted by atomic mass is 16.2. The van der Waals surface area contributed by atoms with Gasteiger partial charge in [0.15, 0.2) is 0 Å². The Bertz CT molecular complexity index is 797. The first kappa shape index (κ1) is 16.8. The van der Waals surface area contributed by atoms with Crippen LogP contribution in [0.4, 0.5) is 5.69 Å². The SMILES string of the molecule is O=C(NC1CCCCC1)C1Cc2ccccc2N1C(=O)c1ccccc1. The predicted molar refractivity (Wildman–Crippen MR) is 102 cm³/mol. The third-order valence-electron chi connectivity index (χ3n) is 5.47. The van der Waals surface area contributed by atoms with Crippen molar-refractivity contribution in [2.75, 3.05) is 4.90 Å². The van der Waals surface area contributed by atoms with Crippen LogP contribution in [-0.4, -0.2) is 23.9 Å². The van der Waals surface area contributed by atoms with E-state index >= 15 is 0 Å². The maximum atomic E-state index is 13.2. The molecule has 4 rings (SSSR count). The molecule has 1 unspecified atom stereocenters. The van der Waals surface area contributed by atoms with E-state index in [2.05, 4.69) is 5.32 Å². The van der Waals surface area contributed by atoms with Crippen LogP contribution in [-0.2, 0) is 11.2 Å². The molecule has 2 aromatic carbocycles. The summed E-state index contributed by atoms with van der Waals surface area (Å²) in [5.41, 5.74) is 2.52. The van der Waals surface area contributed by atoms with Crippen molar-refractivity contribution >= 4 is 17.5 Å². The second kappa shape index (κ2) is 7.32. The van der Waals surface area contributed by atoms with E-state index in [-0.39, 0.29) is 17.9 Å². The molecule has 4 heteroatoms. The minimum absolute atomic E-state index is 0.0302. The molecule has 1 atom stereocenters. The van der Waals surface area contributed by atoms with Gasteiger partial charge in [0.05, 0.1) is 0 Å². The molecule has 26 heavy (non-hydrogen) atoms. The second-order valence-corrected chi connectivity index (χ2v) is 7.23. The van der Waals surface area contributed by atoms with E-state index in [1.54, 1.807) is 17.0 Å². The normalized spacial score (nSPS) is 19.8. The lowest BCUT2D eigenvalue weighted by Crippen LogP contribution is -2.51. The third-order valence-corrected chi connectivity index (χ3v) is 5.47. The first-order valence-corrected chi connectivity index (χ1v) is 9.51. The van der Waals surface area contributed by atoms with Crippen LogP contribution in [0.3, 0.4) is 0 Å². The zero-order valence-corrected chi connectivity index (χ0v) is 14.9. The van der Waals surface area contributed by atoms with E-state index in [0.29, 0.717) is 12.0 Å². The Morgan fingerprint density at radius 2 is 1.58 bits per heavy atom. The topological polar surface area (TPSA) is 49.4 Å². The highest BCUT2D eigenvalue weighted by molar-refractivity contribution is 6.11. The molecule has 0 bridgehead atoms. The Kier molecular flexibility index (Phi) is 4.74. The summed E-state index contributed by atoms with van der Waals surface area (Å²) >= 11 is 0. The van der Waals surface area contributed by atoms with Crippen molar-refractivity contribution in [2.45, 2.75) is 50.6 Å². The van der Waals surface area contributed by atoms with Gasteiger partial charge in [-0.3, -0.25) is 14.5 Å². The molecule has 1 heterocycles. The van der Waals surface area contributed by atoms with Crippen LogP contribution in [0.15, 0.2) is 54.6 Å². The minimum Gasteiger partial charge on any atom is -0.352 e. The highest BCUT2D eigenvalue weighted by Gasteiger charge is 2.39. The number of fused-ring (bicyclic) bond motifs is 1. The quantitative estimate of drug-likeness (QED) is 0.919.